The molecule has 3 rings (SSSR count). The highest BCUT2D eigenvalue weighted by Gasteiger charge is 2.26. The van der Waals surface area contributed by atoms with Gasteiger partial charge < -0.3 is 9.80 Å². The van der Waals surface area contributed by atoms with Gasteiger partial charge in [-0.2, -0.15) is 0 Å². The third-order valence-corrected chi connectivity index (χ3v) is 3.80. The highest BCUT2D eigenvalue weighted by atomic mass is 19.1. The Bertz CT molecular complexity index is 704. The van der Waals surface area contributed by atoms with E-state index in [1.807, 2.05) is 9.80 Å². The second-order valence-corrected chi connectivity index (χ2v) is 5.99. The first kappa shape index (κ1) is 14.7. The van der Waals surface area contributed by atoms with Crippen molar-refractivity contribution in [3.63, 3.8) is 0 Å². The number of piperazine rings is 1. The van der Waals surface area contributed by atoms with Gasteiger partial charge in [-0.05, 0) is 18.1 Å². The van der Waals surface area contributed by atoms with Gasteiger partial charge in [0.2, 0.25) is 5.91 Å². The number of carbonyl (C=O) groups excluding carboxylic acids is 1. The molecule has 0 saturated carbocycles. The number of hydrogen-bond donors (Lipinski definition) is 0. The van der Waals surface area contributed by atoms with Crippen molar-refractivity contribution in [3.05, 3.63) is 30.3 Å². The van der Waals surface area contributed by atoms with Crippen LogP contribution in [0.5, 0.6) is 0 Å². The van der Waals surface area contributed by atoms with Crippen LogP contribution >= 0.6 is 0 Å². The number of rotatable bonds is 3. The third-order valence-electron chi connectivity index (χ3n) is 3.80. The predicted molar refractivity (Wildman–Crippen MR) is 83.1 cm³/mol. The molecule has 0 radical (unpaired) electrons. The fraction of sp³-hybridized carbons (Fsp3) is 0.438. The first-order valence-electron chi connectivity index (χ1n) is 7.48. The summed E-state index contributed by atoms with van der Waals surface area (Å²) in [6, 6.07) is 4.81. The Hall–Kier alpha value is -2.24. The third kappa shape index (κ3) is 2.73. The number of para-hydroxylation sites is 1. The molecule has 0 atom stereocenters. The van der Waals surface area contributed by atoms with Gasteiger partial charge in [0.15, 0.2) is 0 Å². The van der Waals surface area contributed by atoms with Crippen molar-refractivity contribution in [2.24, 2.45) is 5.92 Å². The number of hydrogen-bond acceptors (Lipinski definition) is 4. The summed E-state index contributed by atoms with van der Waals surface area (Å²) in [6.45, 7) is 6.60. The number of anilines is 1. The fourth-order valence-corrected chi connectivity index (χ4v) is 2.81. The summed E-state index contributed by atoms with van der Waals surface area (Å²) in [4.78, 5) is 24.3. The van der Waals surface area contributed by atoms with Crippen LogP contribution in [-0.4, -0.2) is 47.0 Å². The first-order valence-corrected chi connectivity index (χ1v) is 7.48. The summed E-state index contributed by atoms with van der Waals surface area (Å²) >= 11 is 0. The van der Waals surface area contributed by atoms with Crippen LogP contribution in [0.15, 0.2) is 24.5 Å². The minimum atomic E-state index is -0.370. The number of carbonyl (C=O) groups is 1. The summed E-state index contributed by atoms with van der Waals surface area (Å²) < 4.78 is 13.8. The molecule has 0 bridgehead atoms. The van der Waals surface area contributed by atoms with E-state index in [2.05, 4.69) is 23.8 Å². The molecule has 0 unspecified atom stereocenters. The van der Waals surface area contributed by atoms with E-state index >= 15 is 0 Å². The maximum absolute atomic E-state index is 13.8. The normalized spacial score (nSPS) is 15.9. The van der Waals surface area contributed by atoms with Gasteiger partial charge in [0.1, 0.15) is 23.5 Å². The van der Waals surface area contributed by atoms with E-state index in [0.717, 1.165) is 6.54 Å². The molecule has 22 heavy (non-hydrogen) atoms. The minimum Gasteiger partial charge on any atom is -0.345 e. The average Bonchev–Trinajstić information content (AvgIpc) is 2.49. The summed E-state index contributed by atoms with van der Waals surface area (Å²) in [5, 5.41) is 0.646. The molecule has 1 aliphatic rings. The number of halogens is 1. The largest absolute Gasteiger partial charge is 0.345 e. The Morgan fingerprint density at radius 2 is 2.09 bits per heavy atom. The quantitative estimate of drug-likeness (QED) is 0.871. The highest BCUT2D eigenvalue weighted by Crippen LogP contribution is 2.25. The zero-order valence-corrected chi connectivity index (χ0v) is 12.8. The van der Waals surface area contributed by atoms with E-state index in [4.69, 9.17) is 0 Å². The predicted octanol–water partition coefficient (Wildman–Crippen LogP) is 2.07. The summed E-state index contributed by atoms with van der Waals surface area (Å²) in [7, 11) is 0. The molecular weight excluding hydrogens is 283 g/mol. The fourth-order valence-electron chi connectivity index (χ4n) is 2.81. The molecule has 2 aromatic rings. The topological polar surface area (TPSA) is 49.3 Å². The van der Waals surface area contributed by atoms with Gasteiger partial charge in [-0.1, -0.05) is 19.9 Å². The van der Waals surface area contributed by atoms with E-state index in [9.17, 15) is 9.18 Å². The van der Waals surface area contributed by atoms with Crippen molar-refractivity contribution in [1.29, 1.82) is 0 Å². The van der Waals surface area contributed by atoms with E-state index in [1.54, 1.807) is 12.1 Å². The Kier molecular flexibility index (Phi) is 3.92. The second-order valence-electron chi connectivity index (χ2n) is 5.99. The van der Waals surface area contributed by atoms with Crippen molar-refractivity contribution in [1.82, 2.24) is 14.9 Å². The molecule has 1 aliphatic heterocycles. The molecule has 5 nitrogen and oxygen atoms in total. The zero-order valence-electron chi connectivity index (χ0n) is 12.8. The molecule has 0 N–H and O–H groups in total. The smallest absolute Gasteiger partial charge is 0.242 e. The number of nitrogens with zero attached hydrogens (tertiary/aromatic N) is 4. The molecule has 0 spiro atoms. The average molecular weight is 302 g/mol. The Labute approximate surface area is 128 Å². The molecule has 116 valence electrons. The lowest BCUT2D eigenvalue weighted by Crippen LogP contribution is -2.51. The molecule has 1 amide bonds. The molecule has 1 saturated heterocycles. The van der Waals surface area contributed by atoms with Gasteiger partial charge in [0, 0.05) is 25.0 Å². The first-order chi connectivity index (χ1) is 10.6. The van der Waals surface area contributed by atoms with Crippen molar-refractivity contribution < 1.29 is 9.18 Å². The van der Waals surface area contributed by atoms with Crippen LogP contribution in [0.3, 0.4) is 0 Å². The lowest BCUT2D eigenvalue weighted by molar-refractivity contribution is -0.131. The van der Waals surface area contributed by atoms with Crippen LogP contribution in [0.2, 0.25) is 0 Å². The van der Waals surface area contributed by atoms with Gasteiger partial charge >= 0.3 is 0 Å². The molecule has 0 aliphatic carbocycles. The Balaban J connectivity index is 1.87. The standard InChI is InChI=1S/C16H19FN4O/c1-11(2)8-20-6-7-21(9-14(20)22)16-12-4-3-5-13(17)15(12)18-10-19-16/h3-5,10-11H,6-9H2,1-2H3. The van der Waals surface area contributed by atoms with Crippen LogP contribution in [0.4, 0.5) is 10.2 Å². The summed E-state index contributed by atoms with van der Waals surface area (Å²) in [5.74, 6) is 0.792. The van der Waals surface area contributed by atoms with Crippen LogP contribution in [0.1, 0.15) is 13.8 Å². The van der Waals surface area contributed by atoms with Crippen molar-refractivity contribution in [2.75, 3.05) is 31.1 Å². The van der Waals surface area contributed by atoms with Gasteiger partial charge in [-0.15, -0.1) is 0 Å². The van der Waals surface area contributed by atoms with Crippen LogP contribution < -0.4 is 4.90 Å². The highest BCUT2D eigenvalue weighted by molar-refractivity contribution is 5.92. The van der Waals surface area contributed by atoms with Crippen LogP contribution in [0.25, 0.3) is 10.9 Å². The molecular formula is C16H19FN4O. The van der Waals surface area contributed by atoms with Crippen LogP contribution in [-0.2, 0) is 4.79 Å². The van der Waals surface area contributed by atoms with Crippen molar-refractivity contribution >= 4 is 22.6 Å². The maximum Gasteiger partial charge on any atom is 0.242 e. The molecule has 1 aromatic heterocycles. The summed E-state index contributed by atoms with van der Waals surface area (Å²) in [6.07, 6.45) is 1.35. The molecule has 6 heteroatoms. The number of aromatic nitrogens is 2. The SMILES string of the molecule is CC(C)CN1CCN(c2ncnc3c(F)cccc23)CC1=O. The van der Waals surface area contributed by atoms with E-state index in [0.29, 0.717) is 35.7 Å². The van der Waals surface area contributed by atoms with Gasteiger partial charge in [0.05, 0.1) is 6.54 Å². The molecule has 1 fully saturated rings. The molecule has 2 heterocycles. The van der Waals surface area contributed by atoms with Crippen LogP contribution in [0, 0.1) is 11.7 Å². The van der Waals surface area contributed by atoms with Crippen molar-refractivity contribution in [3.8, 4) is 0 Å². The van der Waals surface area contributed by atoms with Gasteiger partial charge in [-0.25, -0.2) is 14.4 Å². The van der Waals surface area contributed by atoms with Gasteiger partial charge in [-0.3, -0.25) is 4.79 Å². The summed E-state index contributed by atoms with van der Waals surface area (Å²) in [5.41, 5.74) is 0.296. The number of benzene rings is 1. The Morgan fingerprint density at radius 1 is 1.27 bits per heavy atom. The monoisotopic (exact) mass is 302 g/mol. The zero-order chi connectivity index (χ0) is 15.7. The minimum absolute atomic E-state index is 0.0862. The van der Waals surface area contributed by atoms with E-state index < -0.39 is 0 Å². The van der Waals surface area contributed by atoms with Gasteiger partial charge in [0.25, 0.3) is 0 Å². The second kappa shape index (κ2) is 5.87. The number of fused-ring (bicyclic) bond motifs is 1. The lowest BCUT2D eigenvalue weighted by Gasteiger charge is -2.36. The number of amides is 1. The van der Waals surface area contributed by atoms with Crippen molar-refractivity contribution in [2.45, 2.75) is 13.8 Å². The van der Waals surface area contributed by atoms with E-state index in [-0.39, 0.29) is 18.3 Å². The van der Waals surface area contributed by atoms with E-state index in [1.165, 1.54) is 12.4 Å². The molecule has 1 aromatic carbocycles. The Morgan fingerprint density at radius 3 is 2.82 bits per heavy atom. The maximum atomic E-state index is 13.8. The lowest BCUT2D eigenvalue weighted by atomic mass is 10.1.